The van der Waals surface area contributed by atoms with Crippen LogP contribution in [0.4, 0.5) is 15.8 Å². The number of aromatic nitrogens is 2. The Bertz CT molecular complexity index is 3000. The Hall–Kier alpha value is -5.66. The van der Waals surface area contributed by atoms with E-state index >= 15 is 4.39 Å². The molecule has 0 unspecified atom stereocenters. The summed E-state index contributed by atoms with van der Waals surface area (Å²) in [5, 5.41) is 13.8. The Morgan fingerprint density at radius 3 is 2.39 bits per heavy atom. The second-order valence-corrected chi connectivity index (χ2v) is 22.1. The lowest BCUT2D eigenvalue weighted by Gasteiger charge is -2.41. The number of pyridine rings is 1. The van der Waals surface area contributed by atoms with Crippen molar-refractivity contribution in [3.8, 4) is 11.5 Å². The normalized spacial score (nSPS) is 18.2. The first-order valence-corrected chi connectivity index (χ1v) is 25.3. The largest absolute Gasteiger partial charge is 0.455 e. The Morgan fingerprint density at radius 1 is 0.985 bits per heavy atom. The molecule has 4 heterocycles. The summed E-state index contributed by atoms with van der Waals surface area (Å²) in [6, 6.07) is 19.4. The fourth-order valence-corrected chi connectivity index (χ4v) is 11.0. The highest BCUT2D eigenvalue weighted by Gasteiger charge is 2.43. The van der Waals surface area contributed by atoms with Gasteiger partial charge in [0.2, 0.25) is 10.0 Å². The average molecular weight is 961 g/mol. The number of ether oxygens (including phenoxy) is 1. The number of hydrogen-bond acceptors (Lipinski definition) is 11. The van der Waals surface area contributed by atoms with Gasteiger partial charge in [0.25, 0.3) is 21.6 Å². The number of alkyl halides is 1. The van der Waals surface area contributed by atoms with E-state index in [1.54, 1.807) is 24.4 Å². The molecular formula is C47H51ClFN7O8S2. The molecule has 0 spiro atoms. The Kier molecular flexibility index (Phi) is 12.9. The highest BCUT2D eigenvalue weighted by molar-refractivity contribution is 7.90. The van der Waals surface area contributed by atoms with Crippen LogP contribution < -0.4 is 14.4 Å². The zero-order valence-corrected chi connectivity index (χ0v) is 39.4. The van der Waals surface area contributed by atoms with E-state index in [9.17, 15) is 31.7 Å². The topological polar surface area (TPSA) is 188 Å². The second kappa shape index (κ2) is 18.2. The Labute approximate surface area is 388 Å². The lowest BCUT2D eigenvalue weighted by molar-refractivity contribution is -0.384. The van der Waals surface area contributed by atoms with Gasteiger partial charge in [-0.2, -0.15) is 0 Å². The van der Waals surface area contributed by atoms with Crippen LogP contribution in [-0.2, 0) is 20.0 Å². The number of nitrogens with one attached hydrogen (secondary N) is 2. The van der Waals surface area contributed by atoms with Crippen LogP contribution in [0, 0.1) is 15.5 Å². The first-order chi connectivity index (χ1) is 31.2. The molecule has 15 nitrogen and oxygen atoms in total. The summed E-state index contributed by atoms with van der Waals surface area (Å²) in [4.78, 5) is 35.7. The first kappa shape index (κ1) is 46.9. The summed E-state index contributed by atoms with van der Waals surface area (Å²) in [6.07, 6.45) is 9.64. The number of rotatable bonds is 13. The van der Waals surface area contributed by atoms with Gasteiger partial charge in [-0.05, 0) is 102 Å². The van der Waals surface area contributed by atoms with Gasteiger partial charge in [0, 0.05) is 75.3 Å². The van der Waals surface area contributed by atoms with Crippen molar-refractivity contribution in [3.63, 3.8) is 0 Å². The predicted molar refractivity (Wildman–Crippen MR) is 253 cm³/mol. The molecule has 8 rings (SSSR count). The lowest BCUT2D eigenvalue weighted by atomic mass is 9.72. The molecule has 1 saturated heterocycles. The van der Waals surface area contributed by atoms with Gasteiger partial charge in [-0.3, -0.25) is 19.8 Å². The van der Waals surface area contributed by atoms with Crippen LogP contribution in [0.3, 0.4) is 0 Å². The monoisotopic (exact) mass is 959 g/mol. The summed E-state index contributed by atoms with van der Waals surface area (Å²) in [5.41, 5.74) is 5.56. The molecule has 348 valence electrons. The molecule has 2 aliphatic heterocycles. The van der Waals surface area contributed by atoms with Crippen LogP contribution in [0.15, 0.2) is 102 Å². The maximum atomic E-state index is 16.2. The van der Waals surface area contributed by atoms with E-state index in [2.05, 4.69) is 46.9 Å². The van der Waals surface area contributed by atoms with E-state index in [1.807, 2.05) is 22.9 Å². The van der Waals surface area contributed by atoms with Gasteiger partial charge in [-0.1, -0.05) is 55.3 Å². The summed E-state index contributed by atoms with van der Waals surface area (Å²) < 4.78 is 77.3. The zero-order valence-electron chi connectivity index (χ0n) is 37.0. The van der Waals surface area contributed by atoms with E-state index in [0.29, 0.717) is 29.4 Å². The number of fused-ring (bicyclic) bond motifs is 1. The molecule has 0 radical (unpaired) electrons. The molecule has 3 aromatic carbocycles. The number of piperidine rings is 1. The van der Waals surface area contributed by atoms with Crippen LogP contribution in [-0.4, -0.2) is 98.7 Å². The van der Waals surface area contributed by atoms with Crippen molar-refractivity contribution in [1.82, 2.24) is 23.9 Å². The molecule has 66 heavy (non-hydrogen) atoms. The van der Waals surface area contributed by atoms with Crippen molar-refractivity contribution >= 4 is 71.1 Å². The number of carbonyl (C=O) groups is 1. The number of benzene rings is 3. The van der Waals surface area contributed by atoms with Crippen molar-refractivity contribution in [1.29, 1.82) is 0 Å². The highest BCUT2D eigenvalue weighted by atomic mass is 35.5. The fourth-order valence-electron chi connectivity index (χ4n) is 9.00. The van der Waals surface area contributed by atoms with Crippen molar-refractivity contribution in [2.24, 2.45) is 5.41 Å². The minimum absolute atomic E-state index is 0.0564. The molecule has 1 amide bonds. The maximum Gasteiger partial charge on any atom is 0.293 e. The molecular weight excluding hydrogens is 909 g/mol. The minimum atomic E-state index is -4.75. The molecule has 0 atom stereocenters. The smallest absolute Gasteiger partial charge is 0.293 e. The van der Waals surface area contributed by atoms with E-state index in [-0.39, 0.29) is 48.3 Å². The number of sulfonamides is 2. The van der Waals surface area contributed by atoms with Crippen molar-refractivity contribution in [2.45, 2.75) is 63.1 Å². The van der Waals surface area contributed by atoms with Crippen LogP contribution in [0.5, 0.6) is 11.5 Å². The molecule has 1 fully saturated rings. The minimum Gasteiger partial charge on any atom is -0.455 e. The van der Waals surface area contributed by atoms with E-state index in [1.165, 1.54) is 36.0 Å². The number of nitro groups is 1. The number of anilines is 1. The lowest BCUT2D eigenvalue weighted by Crippen LogP contribution is -2.52. The number of allylic oxidation sites excluding steroid dienone is 1. The number of amides is 1. The highest BCUT2D eigenvalue weighted by Crippen LogP contribution is 2.44. The molecule has 19 heteroatoms. The molecule has 0 bridgehead atoms. The Balaban J connectivity index is 1.04. The molecule has 0 saturated carbocycles. The maximum absolute atomic E-state index is 16.2. The first-order valence-electron chi connectivity index (χ1n) is 21.6. The molecule has 1 aliphatic carbocycles. The number of nitro benzene ring substituents is 1. The van der Waals surface area contributed by atoms with Gasteiger partial charge in [0.05, 0.1) is 27.8 Å². The van der Waals surface area contributed by atoms with Crippen molar-refractivity contribution in [2.75, 3.05) is 50.9 Å². The van der Waals surface area contributed by atoms with Gasteiger partial charge in [0.15, 0.2) is 5.79 Å². The number of H-pyrrole nitrogens is 1. The van der Waals surface area contributed by atoms with Gasteiger partial charge in [-0.15, -0.1) is 0 Å². The fraction of sp³-hybridized carbons (Fsp3) is 0.362. The summed E-state index contributed by atoms with van der Waals surface area (Å²) in [7, 11) is -7.03. The van der Waals surface area contributed by atoms with E-state index in [0.717, 1.165) is 82.5 Å². The number of nitrogens with zero attached hydrogens (tertiary/aromatic N) is 5. The van der Waals surface area contributed by atoms with Crippen LogP contribution in [0.1, 0.15) is 73.9 Å². The number of aromatic amines is 1. The van der Waals surface area contributed by atoms with Crippen LogP contribution in [0.25, 0.3) is 22.2 Å². The standard InChI is InChI=1S/C47H51ClFN7O8S2/c1-46(2)17-13-35(40(28-46)32-5-8-36(48)9-6-32)30-54-21-15-31(16-22-54)33-7-11-39(43(26-33)64-37-25-34-14-20-50-44(34)51-29-37)45(57)52-66(62,63)38-10-12-41(42(27-38)56(58)59)53(3)47(49)18-23-55(24-19-47)65(4,60)61/h5-12,14-15,20,25-27,29H,13,16-19,21-24,28,30H2,1-4H3,(H,50,51)(H,52,57). The van der Waals surface area contributed by atoms with Crippen LogP contribution >= 0.6 is 11.6 Å². The number of hydrogen-bond donors (Lipinski definition) is 2. The van der Waals surface area contributed by atoms with Crippen molar-refractivity contribution in [3.05, 3.63) is 129 Å². The van der Waals surface area contributed by atoms with Crippen LogP contribution in [0.2, 0.25) is 5.02 Å². The van der Waals surface area contributed by atoms with E-state index < -0.39 is 47.3 Å². The number of carbonyl (C=O) groups excluding carboxylic acids is 1. The quantitative estimate of drug-likeness (QED) is 0.0652. The summed E-state index contributed by atoms with van der Waals surface area (Å²) >= 11 is 6.23. The van der Waals surface area contributed by atoms with Gasteiger partial charge in [0.1, 0.15) is 22.8 Å². The SMILES string of the molecule is CN(c1ccc(S(=O)(=O)NC(=O)c2ccc(C3=CCN(CC4=C(c5ccc(Cl)cc5)CC(C)(C)CC4)CC3)cc2Oc2cnc3[nH]ccc3c2)cc1[N+](=O)[O-])C1(F)CCN(S(C)(=O)=O)CC1. The van der Waals surface area contributed by atoms with Gasteiger partial charge < -0.3 is 14.6 Å². The zero-order chi connectivity index (χ0) is 47.2. The molecule has 3 aliphatic rings. The third-order valence-electron chi connectivity index (χ3n) is 12.9. The van der Waals surface area contributed by atoms with E-state index in [4.69, 9.17) is 16.3 Å². The Morgan fingerprint density at radius 2 is 1.71 bits per heavy atom. The molecule has 5 aromatic rings. The summed E-state index contributed by atoms with van der Waals surface area (Å²) in [6.45, 7) is 6.64. The molecule has 2 N–H and O–H groups in total. The second-order valence-electron chi connectivity index (χ2n) is 18.0. The predicted octanol–water partition coefficient (Wildman–Crippen LogP) is 8.95. The average Bonchev–Trinajstić information content (AvgIpc) is 3.75. The third-order valence-corrected chi connectivity index (χ3v) is 15.8. The molecule has 2 aromatic heterocycles. The van der Waals surface area contributed by atoms with Gasteiger partial charge >= 0.3 is 0 Å². The summed E-state index contributed by atoms with van der Waals surface area (Å²) in [5.74, 6) is -2.87. The van der Waals surface area contributed by atoms with Crippen molar-refractivity contribution < 1.29 is 35.7 Å². The van der Waals surface area contributed by atoms with Gasteiger partial charge in [-0.25, -0.2) is 35.2 Å². The third kappa shape index (κ3) is 10.2. The number of halogens is 2.